The fourth-order valence-corrected chi connectivity index (χ4v) is 1.76. The van der Waals surface area contributed by atoms with Crippen LogP contribution in [0.4, 0.5) is 0 Å². The van der Waals surface area contributed by atoms with E-state index in [9.17, 15) is 4.79 Å². The van der Waals surface area contributed by atoms with Crippen molar-refractivity contribution in [1.82, 2.24) is 14.8 Å². The zero-order chi connectivity index (χ0) is 7.14. The quantitative estimate of drug-likeness (QED) is 0.541. The maximum Gasteiger partial charge on any atom is 0.244 e. The second-order valence-electron chi connectivity index (χ2n) is 2.05. The van der Waals surface area contributed by atoms with E-state index >= 15 is 0 Å². The zero-order valence-electron chi connectivity index (χ0n) is 5.37. The third-order valence-electron chi connectivity index (χ3n) is 1.37. The summed E-state index contributed by atoms with van der Waals surface area (Å²) in [5, 5.41) is 8.29. The van der Waals surface area contributed by atoms with E-state index in [1.54, 1.807) is 11.5 Å². The summed E-state index contributed by atoms with van der Waals surface area (Å²) in [6.07, 6.45) is 0. The van der Waals surface area contributed by atoms with E-state index in [0.717, 1.165) is 5.16 Å². The number of aryl methyl sites for hydroxylation is 1. The SMILES string of the molecule is Cc1nnc2n1C(=O)CS2. The topological polar surface area (TPSA) is 47.8 Å². The summed E-state index contributed by atoms with van der Waals surface area (Å²) in [6.45, 7) is 1.78. The number of hydrogen-bond donors (Lipinski definition) is 0. The van der Waals surface area contributed by atoms with Gasteiger partial charge in [-0.15, -0.1) is 10.2 Å². The number of aromatic nitrogens is 3. The lowest BCUT2D eigenvalue weighted by molar-refractivity contribution is 0.0937. The minimum Gasteiger partial charge on any atom is -0.273 e. The predicted molar refractivity (Wildman–Crippen MR) is 36.1 cm³/mol. The van der Waals surface area contributed by atoms with Crippen molar-refractivity contribution in [2.24, 2.45) is 0 Å². The molecule has 0 spiro atoms. The van der Waals surface area contributed by atoms with Gasteiger partial charge in [-0.05, 0) is 6.92 Å². The molecule has 0 N–H and O–H groups in total. The van der Waals surface area contributed by atoms with Gasteiger partial charge in [0.05, 0.1) is 5.75 Å². The van der Waals surface area contributed by atoms with Gasteiger partial charge in [-0.2, -0.15) is 0 Å². The molecule has 4 nitrogen and oxygen atoms in total. The van der Waals surface area contributed by atoms with Crippen molar-refractivity contribution >= 4 is 17.7 Å². The van der Waals surface area contributed by atoms with Crippen LogP contribution in [-0.4, -0.2) is 26.4 Å². The monoisotopic (exact) mass is 155 g/mol. The van der Waals surface area contributed by atoms with Gasteiger partial charge in [0.2, 0.25) is 5.91 Å². The van der Waals surface area contributed by atoms with Gasteiger partial charge in [0, 0.05) is 0 Å². The number of rotatable bonds is 0. The van der Waals surface area contributed by atoms with E-state index < -0.39 is 0 Å². The molecule has 0 amide bonds. The summed E-state index contributed by atoms with van der Waals surface area (Å²) < 4.78 is 1.55. The van der Waals surface area contributed by atoms with E-state index in [1.807, 2.05) is 0 Å². The van der Waals surface area contributed by atoms with E-state index in [-0.39, 0.29) is 5.91 Å². The molecular weight excluding hydrogens is 150 g/mol. The molecule has 0 radical (unpaired) electrons. The molecule has 2 heterocycles. The lowest BCUT2D eigenvalue weighted by atomic mass is 10.6. The molecule has 1 aliphatic heterocycles. The molecule has 0 unspecified atom stereocenters. The lowest BCUT2D eigenvalue weighted by Gasteiger charge is -1.90. The van der Waals surface area contributed by atoms with E-state index in [2.05, 4.69) is 10.2 Å². The summed E-state index contributed by atoms with van der Waals surface area (Å²) in [4.78, 5) is 11.0. The van der Waals surface area contributed by atoms with Gasteiger partial charge in [0.15, 0.2) is 5.16 Å². The zero-order valence-corrected chi connectivity index (χ0v) is 6.18. The second kappa shape index (κ2) is 1.82. The Bertz CT molecular complexity index is 293. The first kappa shape index (κ1) is 5.91. The molecule has 5 heteroatoms. The van der Waals surface area contributed by atoms with Gasteiger partial charge >= 0.3 is 0 Å². The standard InChI is InChI=1S/C5H5N3OS/c1-3-6-7-5-8(3)4(9)2-10-5/h2H2,1H3. The van der Waals surface area contributed by atoms with Crippen molar-refractivity contribution in [3.05, 3.63) is 5.82 Å². The maximum atomic E-state index is 11.0. The van der Waals surface area contributed by atoms with Crippen LogP contribution in [0.3, 0.4) is 0 Å². The van der Waals surface area contributed by atoms with Crippen LogP contribution in [0.5, 0.6) is 0 Å². The molecule has 0 saturated carbocycles. The number of hydrogen-bond acceptors (Lipinski definition) is 4. The molecule has 2 rings (SSSR count). The highest BCUT2D eigenvalue weighted by atomic mass is 32.2. The Balaban J connectivity index is 2.65. The predicted octanol–water partition coefficient (Wildman–Crippen LogP) is 0.332. The Labute approximate surface area is 61.6 Å². The van der Waals surface area contributed by atoms with E-state index in [0.29, 0.717) is 11.6 Å². The van der Waals surface area contributed by atoms with Crippen LogP contribution in [-0.2, 0) is 0 Å². The smallest absolute Gasteiger partial charge is 0.244 e. The Kier molecular flexibility index (Phi) is 1.08. The van der Waals surface area contributed by atoms with Gasteiger partial charge in [-0.3, -0.25) is 4.79 Å². The van der Waals surface area contributed by atoms with Crippen molar-refractivity contribution < 1.29 is 4.79 Å². The van der Waals surface area contributed by atoms with Crippen molar-refractivity contribution in [1.29, 1.82) is 0 Å². The Hall–Kier alpha value is -0.840. The highest BCUT2D eigenvalue weighted by Crippen LogP contribution is 2.23. The van der Waals surface area contributed by atoms with Crippen LogP contribution in [0, 0.1) is 6.92 Å². The molecular formula is C5H5N3OS. The minimum atomic E-state index is 0.0856. The molecule has 0 atom stereocenters. The first-order valence-corrected chi connectivity index (χ1v) is 3.85. The fourth-order valence-electron chi connectivity index (χ4n) is 0.914. The number of carbonyl (C=O) groups excluding carboxylic acids is 1. The van der Waals surface area contributed by atoms with Crippen LogP contribution in [0.2, 0.25) is 0 Å². The molecule has 0 aromatic carbocycles. The van der Waals surface area contributed by atoms with Gasteiger partial charge in [-0.25, -0.2) is 4.57 Å². The number of fused-ring (bicyclic) bond motifs is 1. The summed E-state index contributed by atoms with van der Waals surface area (Å²) >= 11 is 1.44. The van der Waals surface area contributed by atoms with Crippen LogP contribution >= 0.6 is 11.8 Å². The van der Waals surface area contributed by atoms with Crippen molar-refractivity contribution in [3.8, 4) is 0 Å². The van der Waals surface area contributed by atoms with Gasteiger partial charge in [0.25, 0.3) is 0 Å². The minimum absolute atomic E-state index is 0.0856. The van der Waals surface area contributed by atoms with Crippen LogP contribution < -0.4 is 0 Å². The van der Waals surface area contributed by atoms with Crippen LogP contribution in [0.15, 0.2) is 5.16 Å². The normalized spacial score (nSPS) is 15.9. The molecule has 0 saturated heterocycles. The third-order valence-corrected chi connectivity index (χ3v) is 2.28. The summed E-state index contributed by atoms with van der Waals surface area (Å²) in [7, 11) is 0. The average Bonchev–Trinajstić information content (AvgIpc) is 2.40. The molecule has 0 aliphatic carbocycles. The first-order chi connectivity index (χ1) is 4.79. The molecule has 0 bridgehead atoms. The summed E-state index contributed by atoms with van der Waals surface area (Å²) in [6, 6.07) is 0. The Morgan fingerprint density at radius 3 is 3.10 bits per heavy atom. The molecule has 1 aromatic heterocycles. The molecule has 1 aromatic rings. The van der Waals surface area contributed by atoms with Crippen molar-refractivity contribution in [2.75, 3.05) is 5.75 Å². The second-order valence-corrected chi connectivity index (χ2v) is 2.99. The molecule has 52 valence electrons. The Morgan fingerprint density at radius 1 is 1.60 bits per heavy atom. The van der Waals surface area contributed by atoms with Crippen molar-refractivity contribution in [3.63, 3.8) is 0 Å². The highest BCUT2D eigenvalue weighted by Gasteiger charge is 2.23. The van der Waals surface area contributed by atoms with Gasteiger partial charge < -0.3 is 0 Å². The maximum absolute atomic E-state index is 11.0. The number of carbonyl (C=O) groups is 1. The van der Waals surface area contributed by atoms with Crippen LogP contribution in [0.1, 0.15) is 10.6 Å². The van der Waals surface area contributed by atoms with E-state index in [4.69, 9.17) is 0 Å². The highest BCUT2D eigenvalue weighted by molar-refractivity contribution is 8.00. The largest absolute Gasteiger partial charge is 0.273 e. The fraction of sp³-hybridized carbons (Fsp3) is 0.400. The molecule has 1 aliphatic rings. The lowest BCUT2D eigenvalue weighted by Crippen LogP contribution is -2.08. The van der Waals surface area contributed by atoms with E-state index in [1.165, 1.54) is 11.8 Å². The molecule has 10 heavy (non-hydrogen) atoms. The Morgan fingerprint density at radius 2 is 2.40 bits per heavy atom. The van der Waals surface area contributed by atoms with Crippen LogP contribution in [0.25, 0.3) is 0 Å². The first-order valence-electron chi connectivity index (χ1n) is 2.87. The molecule has 0 fully saturated rings. The third kappa shape index (κ3) is 0.607. The average molecular weight is 155 g/mol. The van der Waals surface area contributed by atoms with Gasteiger partial charge in [-0.1, -0.05) is 11.8 Å². The summed E-state index contributed by atoms with van der Waals surface area (Å²) in [5.41, 5.74) is 0. The number of thioether (sulfide) groups is 1. The summed E-state index contributed by atoms with van der Waals surface area (Å²) in [5.74, 6) is 1.28. The van der Waals surface area contributed by atoms with Crippen molar-refractivity contribution in [2.45, 2.75) is 12.1 Å². The number of nitrogens with zero attached hydrogens (tertiary/aromatic N) is 3. The van der Waals surface area contributed by atoms with Gasteiger partial charge in [0.1, 0.15) is 5.82 Å².